The normalized spacial score (nSPS) is 17.1. The van der Waals surface area contributed by atoms with E-state index in [4.69, 9.17) is 23.2 Å². The summed E-state index contributed by atoms with van der Waals surface area (Å²) in [4.78, 5) is 25.7. The molecule has 4 rings (SSSR count). The zero-order valence-electron chi connectivity index (χ0n) is 15.0. The SMILES string of the molecule is Cc1c(Nc2ccccc2[C@@H]2CN(C)Cc3c(Cl)cc(Cl)cc32)c(=O)c1=O. The summed E-state index contributed by atoms with van der Waals surface area (Å²) < 4.78 is 0. The molecule has 0 aliphatic carbocycles. The maximum absolute atomic E-state index is 11.9. The highest BCUT2D eigenvalue weighted by atomic mass is 35.5. The van der Waals surface area contributed by atoms with E-state index in [1.807, 2.05) is 30.3 Å². The van der Waals surface area contributed by atoms with Gasteiger partial charge in [-0.2, -0.15) is 0 Å². The van der Waals surface area contributed by atoms with Crippen LogP contribution in [0.25, 0.3) is 0 Å². The highest BCUT2D eigenvalue weighted by molar-refractivity contribution is 6.35. The molecule has 0 fully saturated rings. The first-order valence-corrected chi connectivity index (χ1v) is 9.44. The van der Waals surface area contributed by atoms with Crippen molar-refractivity contribution in [3.05, 3.63) is 89.1 Å². The van der Waals surface area contributed by atoms with Crippen molar-refractivity contribution in [2.24, 2.45) is 0 Å². The third-order valence-corrected chi connectivity index (χ3v) is 5.79. The van der Waals surface area contributed by atoms with Crippen LogP contribution in [0.5, 0.6) is 0 Å². The van der Waals surface area contributed by atoms with E-state index < -0.39 is 10.9 Å². The van der Waals surface area contributed by atoms with Crippen molar-refractivity contribution in [2.75, 3.05) is 18.9 Å². The molecule has 0 amide bonds. The fourth-order valence-electron chi connectivity index (χ4n) is 3.82. The maximum Gasteiger partial charge on any atom is 0.249 e. The summed E-state index contributed by atoms with van der Waals surface area (Å²) in [6.07, 6.45) is 0. The Bertz CT molecular complexity index is 1120. The fourth-order valence-corrected chi connectivity index (χ4v) is 4.39. The molecule has 4 nitrogen and oxygen atoms in total. The molecule has 27 heavy (non-hydrogen) atoms. The number of anilines is 2. The molecule has 1 heterocycles. The number of benzene rings is 2. The molecule has 0 saturated heterocycles. The van der Waals surface area contributed by atoms with Crippen molar-refractivity contribution < 1.29 is 0 Å². The number of likely N-dealkylation sites (N-methyl/N-ethyl adjacent to an activating group) is 1. The molecule has 1 N–H and O–H groups in total. The quantitative estimate of drug-likeness (QED) is 0.668. The Balaban J connectivity index is 1.82. The van der Waals surface area contributed by atoms with Gasteiger partial charge in [0, 0.05) is 40.3 Å². The Morgan fingerprint density at radius 3 is 2.56 bits per heavy atom. The second-order valence-electron chi connectivity index (χ2n) is 7.08. The monoisotopic (exact) mass is 400 g/mol. The van der Waals surface area contributed by atoms with Crippen LogP contribution in [-0.2, 0) is 6.54 Å². The van der Waals surface area contributed by atoms with Gasteiger partial charge in [0.2, 0.25) is 10.9 Å². The smallest absolute Gasteiger partial charge is 0.249 e. The van der Waals surface area contributed by atoms with E-state index in [0.29, 0.717) is 21.3 Å². The van der Waals surface area contributed by atoms with Gasteiger partial charge in [-0.1, -0.05) is 41.4 Å². The van der Waals surface area contributed by atoms with E-state index in [0.717, 1.165) is 35.5 Å². The minimum atomic E-state index is -0.463. The standard InChI is InChI=1S/C21H18Cl2N2O2/c1-11-19(21(27)20(11)26)24-18-6-4-3-5-13(18)15-9-25(2)10-16-14(15)7-12(22)8-17(16)23/h3-8,15,24H,9-10H2,1-2H3/t15-/m0/s1. The van der Waals surface area contributed by atoms with Crippen molar-refractivity contribution >= 4 is 34.6 Å². The zero-order chi connectivity index (χ0) is 19.3. The Morgan fingerprint density at radius 2 is 1.81 bits per heavy atom. The topological polar surface area (TPSA) is 49.4 Å². The molecule has 3 aromatic carbocycles. The third-order valence-electron chi connectivity index (χ3n) is 5.24. The Labute approximate surface area is 167 Å². The van der Waals surface area contributed by atoms with Gasteiger partial charge in [-0.25, -0.2) is 0 Å². The molecular formula is C21H18Cl2N2O2. The van der Waals surface area contributed by atoms with Crippen LogP contribution in [0.3, 0.4) is 0 Å². The minimum Gasteiger partial charge on any atom is -0.352 e. The number of fused-ring (bicyclic) bond motifs is 1. The third kappa shape index (κ3) is 3.08. The molecule has 3 aromatic rings. The summed E-state index contributed by atoms with van der Waals surface area (Å²) in [5, 5.41) is 4.45. The van der Waals surface area contributed by atoms with Gasteiger partial charge in [-0.15, -0.1) is 0 Å². The first-order chi connectivity index (χ1) is 12.9. The van der Waals surface area contributed by atoms with E-state index in [1.165, 1.54) is 0 Å². The summed E-state index contributed by atoms with van der Waals surface area (Å²) in [7, 11) is 2.05. The number of rotatable bonds is 3. The van der Waals surface area contributed by atoms with E-state index >= 15 is 0 Å². The molecule has 6 heteroatoms. The lowest BCUT2D eigenvalue weighted by molar-refractivity contribution is 0.295. The van der Waals surface area contributed by atoms with Crippen LogP contribution in [-0.4, -0.2) is 18.5 Å². The van der Waals surface area contributed by atoms with Gasteiger partial charge in [-0.05, 0) is 48.9 Å². The van der Waals surface area contributed by atoms with Gasteiger partial charge >= 0.3 is 0 Å². The van der Waals surface area contributed by atoms with Crippen LogP contribution in [0.1, 0.15) is 28.2 Å². The summed E-state index contributed by atoms with van der Waals surface area (Å²) in [5.41, 5.74) is 3.99. The van der Waals surface area contributed by atoms with Crippen LogP contribution >= 0.6 is 23.2 Å². The average molecular weight is 401 g/mol. The van der Waals surface area contributed by atoms with E-state index in [2.05, 4.69) is 17.3 Å². The van der Waals surface area contributed by atoms with Gasteiger partial charge in [0.15, 0.2) is 0 Å². The molecule has 0 radical (unpaired) electrons. The second-order valence-corrected chi connectivity index (χ2v) is 7.92. The van der Waals surface area contributed by atoms with Gasteiger partial charge in [0.25, 0.3) is 0 Å². The van der Waals surface area contributed by atoms with Gasteiger partial charge in [0.1, 0.15) is 0 Å². The zero-order valence-corrected chi connectivity index (χ0v) is 16.5. The molecule has 0 aromatic heterocycles. The van der Waals surface area contributed by atoms with E-state index in [-0.39, 0.29) is 5.92 Å². The van der Waals surface area contributed by atoms with Crippen molar-refractivity contribution in [1.29, 1.82) is 0 Å². The van der Waals surface area contributed by atoms with Crippen LogP contribution in [0, 0.1) is 6.92 Å². The molecule has 0 saturated carbocycles. The number of nitrogens with zero attached hydrogens (tertiary/aromatic N) is 1. The molecular weight excluding hydrogens is 383 g/mol. The average Bonchev–Trinajstić information content (AvgIpc) is 2.65. The van der Waals surface area contributed by atoms with E-state index in [1.54, 1.807) is 13.0 Å². The number of para-hydroxylation sites is 1. The molecule has 0 bridgehead atoms. The van der Waals surface area contributed by atoms with Crippen molar-refractivity contribution in [1.82, 2.24) is 4.90 Å². The number of hydrogen-bond acceptors (Lipinski definition) is 4. The largest absolute Gasteiger partial charge is 0.352 e. The summed E-state index contributed by atoms with van der Waals surface area (Å²) in [6.45, 7) is 3.22. The molecule has 0 unspecified atom stereocenters. The Kier molecular flexibility index (Phi) is 4.58. The Hall–Kier alpha value is -2.14. The molecule has 1 atom stereocenters. The molecule has 1 aliphatic heterocycles. The van der Waals surface area contributed by atoms with Crippen LogP contribution in [0.4, 0.5) is 11.4 Å². The maximum atomic E-state index is 11.9. The number of halogens is 2. The first kappa shape index (κ1) is 18.2. The molecule has 138 valence electrons. The Morgan fingerprint density at radius 1 is 1.07 bits per heavy atom. The van der Waals surface area contributed by atoms with Crippen LogP contribution in [0.15, 0.2) is 46.0 Å². The second kappa shape index (κ2) is 6.79. The predicted octanol–water partition coefficient (Wildman–Crippen LogP) is 4.22. The van der Waals surface area contributed by atoms with Crippen molar-refractivity contribution in [3.63, 3.8) is 0 Å². The predicted molar refractivity (Wildman–Crippen MR) is 110 cm³/mol. The molecule has 1 aliphatic rings. The van der Waals surface area contributed by atoms with E-state index in [9.17, 15) is 9.59 Å². The fraction of sp³-hybridized carbons (Fsp3) is 0.238. The van der Waals surface area contributed by atoms with Crippen molar-refractivity contribution in [2.45, 2.75) is 19.4 Å². The number of nitrogens with one attached hydrogen (secondary N) is 1. The summed E-state index contributed by atoms with van der Waals surface area (Å²) >= 11 is 12.7. The highest BCUT2D eigenvalue weighted by Gasteiger charge is 2.29. The van der Waals surface area contributed by atoms with Crippen molar-refractivity contribution in [3.8, 4) is 0 Å². The minimum absolute atomic E-state index is 0.0467. The van der Waals surface area contributed by atoms with Gasteiger partial charge in [0.05, 0.1) is 5.69 Å². The van der Waals surface area contributed by atoms with Crippen LogP contribution < -0.4 is 16.2 Å². The first-order valence-electron chi connectivity index (χ1n) is 8.69. The lowest BCUT2D eigenvalue weighted by atomic mass is 9.84. The summed E-state index contributed by atoms with van der Waals surface area (Å²) in [5.74, 6) is 0.0467. The lowest BCUT2D eigenvalue weighted by Crippen LogP contribution is -2.36. The van der Waals surface area contributed by atoms with Gasteiger partial charge < -0.3 is 10.2 Å². The molecule has 0 spiro atoms. The number of hydrogen-bond donors (Lipinski definition) is 1. The van der Waals surface area contributed by atoms with Gasteiger partial charge in [-0.3, -0.25) is 9.59 Å². The lowest BCUT2D eigenvalue weighted by Gasteiger charge is -2.34. The summed E-state index contributed by atoms with van der Waals surface area (Å²) in [6, 6.07) is 11.6. The van der Waals surface area contributed by atoms with Crippen LogP contribution in [0.2, 0.25) is 10.0 Å². The highest BCUT2D eigenvalue weighted by Crippen LogP contribution is 2.41.